The minimum atomic E-state index is -0.922. The lowest BCUT2D eigenvalue weighted by molar-refractivity contribution is -0.147. The van der Waals surface area contributed by atoms with E-state index in [0.717, 1.165) is 0 Å². The summed E-state index contributed by atoms with van der Waals surface area (Å²) in [5, 5.41) is 11.3. The van der Waals surface area contributed by atoms with E-state index in [4.69, 9.17) is 14.6 Å². The molecule has 1 fully saturated rings. The molecule has 0 aliphatic carbocycles. The van der Waals surface area contributed by atoms with E-state index in [0.29, 0.717) is 0 Å². The second kappa shape index (κ2) is 5.35. The maximum absolute atomic E-state index is 12.0. The number of methoxy groups -OCH3 is 1. The van der Waals surface area contributed by atoms with Crippen LogP contribution in [0, 0.1) is 0 Å². The number of aliphatic hydroxyl groups excluding tert-OH is 1. The van der Waals surface area contributed by atoms with E-state index in [1.807, 2.05) is 22.6 Å². The molecule has 19 heavy (non-hydrogen) atoms. The van der Waals surface area contributed by atoms with Gasteiger partial charge in [-0.2, -0.15) is 0 Å². The van der Waals surface area contributed by atoms with Gasteiger partial charge in [0.05, 0.1) is 6.61 Å². The Hall–Kier alpha value is -0.710. The van der Waals surface area contributed by atoms with Crippen molar-refractivity contribution in [2.75, 3.05) is 13.7 Å². The van der Waals surface area contributed by atoms with E-state index in [-0.39, 0.29) is 6.61 Å². The molecule has 0 bridgehead atoms. The van der Waals surface area contributed by atoms with Crippen molar-refractivity contribution in [3.8, 4) is 0 Å². The summed E-state index contributed by atoms with van der Waals surface area (Å²) in [6.07, 6.45) is 1.47. The lowest BCUT2D eigenvalue weighted by Crippen LogP contribution is -2.69. The quantitative estimate of drug-likeness (QED) is 0.407. The number of carbonyl (C=O) groups excluding carboxylic acids is 2. The molecule has 0 saturated carbocycles. The largest absolute Gasteiger partial charge is 0.393 e. The van der Waals surface area contributed by atoms with Crippen molar-refractivity contribution in [2.24, 2.45) is 0 Å². The number of hydrogen-bond donors (Lipinski definition) is 2. The number of aliphatic hydroxyl groups is 1. The number of urea groups is 1. The third-order valence-corrected chi connectivity index (χ3v) is 4.12. The second-order valence-corrected chi connectivity index (χ2v) is 6.70. The summed E-state index contributed by atoms with van der Waals surface area (Å²) >= 11 is 1.95. The number of imide groups is 1. The molecule has 2 rings (SSSR count). The molecule has 0 unspecified atom stereocenters. The van der Waals surface area contributed by atoms with Gasteiger partial charge in [-0.3, -0.25) is 15.0 Å². The van der Waals surface area contributed by atoms with Crippen molar-refractivity contribution in [1.29, 1.82) is 0 Å². The average Bonchev–Trinajstić information content (AvgIpc) is 2.81. The van der Waals surface area contributed by atoms with E-state index >= 15 is 0 Å². The molecular weight excluding hydrogens is 367 g/mol. The molecule has 0 aromatic heterocycles. The first-order valence-corrected chi connectivity index (χ1v) is 6.79. The first-order chi connectivity index (χ1) is 8.91. The number of nitrogens with zero attached hydrogens (tertiary/aromatic N) is 1. The number of carbonyl (C=O) groups is 2. The van der Waals surface area contributed by atoms with Crippen LogP contribution in [-0.4, -0.2) is 57.6 Å². The number of nitrogens with one attached hydrogen (secondary N) is 1. The summed E-state index contributed by atoms with van der Waals surface area (Å²) in [6, 6.07) is -0.570. The van der Waals surface area contributed by atoms with Crippen molar-refractivity contribution in [1.82, 2.24) is 10.2 Å². The number of halogens is 1. The van der Waals surface area contributed by atoms with Crippen LogP contribution in [0.1, 0.15) is 6.92 Å². The average molecular weight is 382 g/mol. The van der Waals surface area contributed by atoms with E-state index < -0.39 is 33.9 Å². The zero-order valence-corrected chi connectivity index (χ0v) is 12.7. The lowest BCUT2D eigenvalue weighted by Gasteiger charge is -2.44. The molecule has 8 heteroatoms. The fourth-order valence-electron chi connectivity index (χ4n) is 2.10. The highest BCUT2D eigenvalue weighted by Crippen LogP contribution is 2.33. The summed E-state index contributed by atoms with van der Waals surface area (Å²) < 4.78 is 9.87. The van der Waals surface area contributed by atoms with E-state index in [1.54, 1.807) is 19.1 Å². The first-order valence-electron chi connectivity index (χ1n) is 5.72. The molecule has 4 atom stereocenters. The fraction of sp³-hybridized carbons (Fsp3) is 0.636. The standard InChI is InChI=1S/C11H15IN2O5/c1-11(12)8(16)13-10(17)14(9(11)18-2)7-4-3-6(5-15)19-7/h3-4,6-7,9,15H,5H2,1-2H3,(H,13,16,17)/t6-,7+,9+,11-/m0/s1. The third kappa shape index (κ3) is 2.49. The van der Waals surface area contributed by atoms with Crippen LogP contribution in [0.5, 0.6) is 0 Å². The predicted octanol–water partition coefficient (Wildman–Crippen LogP) is -0.0222. The molecule has 0 aromatic carbocycles. The van der Waals surface area contributed by atoms with Gasteiger partial charge < -0.3 is 14.6 Å². The number of alkyl halides is 1. The topological polar surface area (TPSA) is 88.1 Å². The molecule has 7 nitrogen and oxygen atoms in total. The number of rotatable bonds is 3. The normalized spacial score (nSPS) is 38.7. The van der Waals surface area contributed by atoms with Gasteiger partial charge in [-0.1, -0.05) is 28.7 Å². The Balaban J connectivity index is 2.25. The van der Waals surface area contributed by atoms with E-state index in [1.165, 1.54) is 12.0 Å². The smallest absolute Gasteiger partial charge is 0.328 e. The minimum absolute atomic E-state index is 0.166. The van der Waals surface area contributed by atoms with Gasteiger partial charge in [0.1, 0.15) is 9.53 Å². The first kappa shape index (κ1) is 14.7. The third-order valence-electron chi connectivity index (χ3n) is 3.10. The van der Waals surface area contributed by atoms with Crippen molar-refractivity contribution in [3.63, 3.8) is 0 Å². The summed E-state index contributed by atoms with van der Waals surface area (Å²) in [7, 11) is 1.43. The Kier molecular flexibility index (Phi) is 4.14. The Labute approximate surface area is 124 Å². The van der Waals surface area contributed by atoms with Crippen molar-refractivity contribution in [3.05, 3.63) is 12.2 Å². The molecule has 2 N–H and O–H groups in total. The molecule has 1 saturated heterocycles. The van der Waals surface area contributed by atoms with Gasteiger partial charge >= 0.3 is 6.03 Å². The molecule has 2 aliphatic heterocycles. The highest BCUT2D eigenvalue weighted by Gasteiger charge is 2.52. The minimum Gasteiger partial charge on any atom is -0.393 e. The van der Waals surface area contributed by atoms with E-state index in [2.05, 4.69) is 5.32 Å². The van der Waals surface area contributed by atoms with Crippen molar-refractivity contribution in [2.45, 2.75) is 28.9 Å². The summed E-state index contributed by atoms with van der Waals surface area (Å²) in [4.78, 5) is 25.1. The summed E-state index contributed by atoms with van der Waals surface area (Å²) in [5.74, 6) is -0.401. The van der Waals surface area contributed by atoms with Crippen LogP contribution < -0.4 is 5.32 Å². The van der Waals surface area contributed by atoms with Gasteiger partial charge in [0.2, 0.25) is 5.91 Å². The SMILES string of the molecule is CO[C@H]1N([C@H]2C=C[C@@H](CO)O2)C(=O)NC(=O)[C@]1(C)I. The van der Waals surface area contributed by atoms with Gasteiger partial charge in [-0.15, -0.1) is 0 Å². The van der Waals surface area contributed by atoms with Gasteiger partial charge in [-0.05, 0) is 13.0 Å². The number of amides is 3. The van der Waals surface area contributed by atoms with Crippen LogP contribution in [0.4, 0.5) is 4.79 Å². The summed E-state index contributed by atoms with van der Waals surface area (Å²) in [5.41, 5.74) is 0. The molecule has 2 aliphatic rings. The lowest BCUT2D eigenvalue weighted by atomic mass is 10.1. The van der Waals surface area contributed by atoms with Crippen LogP contribution in [0.2, 0.25) is 0 Å². The predicted molar refractivity (Wildman–Crippen MR) is 73.5 cm³/mol. The van der Waals surface area contributed by atoms with Crippen LogP contribution >= 0.6 is 22.6 Å². The molecular formula is C11H15IN2O5. The molecule has 3 amide bonds. The Morgan fingerprint density at radius 1 is 1.58 bits per heavy atom. The molecule has 0 aromatic rings. The van der Waals surface area contributed by atoms with Gasteiger partial charge in [0.15, 0.2) is 12.5 Å². The summed E-state index contributed by atoms with van der Waals surface area (Å²) in [6.45, 7) is 1.51. The van der Waals surface area contributed by atoms with Gasteiger partial charge in [0, 0.05) is 7.11 Å². The number of ether oxygens (including phenoxy) is 2. The van der Waals surface area contributed by atoms with Crippen LogP contribution in [-0.2, 0) is 14.3 Å². The Bertz CT molecular complexity index is 425. The zero-order chi connectivity index (χ0) is 14.2. The second-order valence-electron chi connectivity index (χ2n) is 4.46. The Morgan fingerprint density at radius 2 is 2.26 bits per heavy atom. The van der Waals surface area contributed by atoms with Crippen molar-refractivity contribution >= 4 is 34.5 Å². The van der Waals surface area contributed by atoms with Crippen LogP contribution in [0.15, 0.2) is 12.2 Å². The highest BCUT2D eigenvalue weighted by molar-refractivity contribution is 14.1. The number of hydrogen-bond acceptors (Lipinski definition) is 5. The molecule has 0 radical (unpaired) electrons. The highest BCUT2D eigenvalue weighted by atomic mass is 127. The van der Waals surface area contributed by atoms with Gasteiger partial charge in [-0.25, -0.2) is 4.79 Å². The Morgan fingerprint density at radius 3 is 2.79 bits per heavy atom. The molecule has 2 heterocycles. The van der Waals surface area contributed by atoms with Crippen LogP contribution in [0.3, 0.4) is 0 Å². The van der Waals surface area contributed by atoms with E-state index in [9.17, 15) is 9.59 Å². The monoisotopic (exact) mass is 382 g/mol. The maximum atomic E-state index is 12.0. The zero-order valence-electron chi connectivity index (χ0n) is 10.5. The molecule has 106 valence electrons. The van der Waals surface area contributed by atoms with Crippen LogP contribution in [0.25, 0.3) is 0 Å². The maximum Gasteiger partial charge on any atom is 0.328 e. The van der Waals surface area contributed by atoms with Crippen molar-refractivity contribution < 1.29 is 24.2 Å². The fourth-order valence-corrected chi connectivity index (χ4v) is 2.79. The van der Waals surface area contributed by atoms with Gasteiger partial charge in [0.25, 0.3) is 0 Å². The molecule has 0 spiro atoms.